The van der Waals surface area contributed by atoms with E-state index in [4.69, 9.17) is 10.5 Å². The fraction of sp³-hybridized carbons (Fsp3) is 0.500. The normalized spacial score (nSPS) is 15.5. The molecular weight excluding hydrogens is 274 g/mol. The maximum Gasteiger partial charge on any atom is 0.292 e. The number of ether oxygens (including phenoxy) is 1. The van der Waals surface area contributed by atoms with Gasteiger partial charge in [0.2, 0.25) is 5.91 Å². The molecule has 1 saturated carbocycles. The zero-order chi connectivity index (χ0) is 15.5. The van der Waals surface area contributed by atoms with Crippen molar-refractivity contribution in [2.45, 2.75) is 19.3 Å². The second kappa shape index (κ2) is 6.09. The molecule has 2 rings (SSSR count). The molecule has 0 radical (unpaired) electrons. The largest absolute Gasteiger partial charge is 0.385 e. The van der Waals surface area contributed by atoms with Gasteiger partial charge in [-0.15, -0.1) is 0 Å². The van der Waals surface area contributed by atoms with Crippen molar-refractivity contribution in [2.24, 2.45) is 11.1 Å². The summed E-state index contributed by atoms with van der Waals surface area (Å²) in [4.78, 5) is 21.8. The van der Waals surface area contributed by atoms with E-state index < -0.39 is 10.8 Å². The molecule has 0 bridgehead atoms. The molecule has 1 aliphatic carbocycles. The summed E-state index contributed by atoms with van der Waals surface area (Å²) in [7, 11) is 1.66. The van der Waals surface area contributed by atoms with Crippen molar-refractivity contribution >= 4 is 17.3 Å². The van der Waals surface area contributed by atoms with E-state index in [1.165, 1.54) is 18.2 Å². The number of rotatable bonds is 8. The van der Waals surface area contributed by atoms with Crippen LogP contribution in [0.2, 0.25) is 0 Å². The molecular formula is C14H19N3O4. The van der Waals surface area contributed by atoms with Crippen molar-refractivity contribution in [2.75, 3.05) is 25.6 Å². The second-order valence-electron chi connectivity index (χ2n) is 5.45. The van der Waals surface area contributed by atoms with E-state index in [1.54, 1.807) is 7.11 Å². The zero-order valence-electron chi connectivity index (χ0n) is 11.9. The maximum absolute atomic E-state index is 11.2. The predicted octanol–water partition coefficient (Wildman–Crippen LogP) is 1.92. The SMILES string of the molecule is COCCC1(CNc2cc(C(N)=O)ccc2[N+](=O)[O-])CC1. The Morgan fingerprint density at radius 2 is 2.24 bits per heavy atom. The number of nitrogens with zero attached hydrogens (tertiary/aromatic N) is 1. The molecule has 0 spiro atoms. The van der Waals surface area contributed by atoms with Crippen molar-refractivity contribution in [1.29, 1.82) is 0 Å². The number of primary amides is 1. The van der Waals surface area contributed by atoms with Crippen molar-refractivity contribution in [3.8, 4) is 0 Å². The van der Waals surface area contributed by atoms with E-state index in [-0.39, 0.29) is 16.7 Å². The number of hydrogen-bond acceptors (Lipinski definition) is 5. The predicted molar refractivity (Wildman–Crippen MR) is 78.3 cm³/mol. The van der Waals surface area contributed by atoms with Crippen LogP contribution in [0.1, 0.15) is 29.6 Å². The Labute approximate surface area is 122 Å². The van der Waals surface area contributed by atoms with Gasteiger partial charge in [-0.3, -0.25) is 14.9 Å². The van der Waals surface area contributed by atoms with Crippen LogP contribution in [0, 0.1) is 15.5 Å². The number of nitro benzene ring substituents is 1. The molecule has 0 unspecified atom stereocenters. The summed E-state index contributed by atoms with van der Waals surface area (Å²) in [5.41, 5.74) is 5.90. The highest BCUT2D eigenvalue weighted by Gasteiger charge is 2.42. The maximum atomic E-state index is 11.2. The van der Waals surface area contributed by atoms with Gasteiger partial charge in [0.15, 0.2) is 0 Å². The van der Waals surface area contributed by atoms with Crippen LogP contribution in [0.3, 0.4) is 0 Å². The third-order valence-corrected chi connectivity index (χ3v) is 3.93. The first-order valence-electron chi connectivity index (χ1n) is 6.78. The first-order valence-corrected chi connectivity index (χ1v) is 6.78. The lowest BCUT2D eigenvalue weighted by molar-refractivity contribution is -0.384. The summed E-state index contributed by atoms with van der Waals surface area (Å²) in [5, 5.41) is 14.1. The second-order valence-corrected chi connectivity index (χ2v) is 5.45. The molecule has 1 aromatic rings. The topological polar surface area (TPSA) is 107 Å². The number of anilines is 1. The molecule has 1 fully saturated rings. The van der Waals surface area contributed by atoms with E-state index in [0.717, 1.165) is 19.3 Å². The summed E-state index contributed by atoms with van der Waals surface area (Å²) in [6.45, 7) is 1.30. The third kappa shape index (κ3) is 3.69. The van der Waals surface area contributed by atoms with E-state index >= 15 is 0 Å². The average molecular weight is 293 g/mol. The Balaban J connectivity index is 2.12. The number of nitrogens with two attached hydrogens (primary N) is 1. The summed E-state index contributed by atoms with van der Waals surface area (Å²) in [5.74, 6) is -0.603. The van der Waals surface area contributed by atoms with Crippen LogP contribution in [0.25, 0.3) is 0 Å². The summed E-state index contributed by atoms with van der Waals surface area (Å²) < 4.78 is 5.09. The Bertz CT molecular complexity index is 555. The average Bonchev–Trinajstić information content (AvgIpc) is 3.23. The van der Waals surface area contributed by atoms with Crippen LogP contribution in [-0.4, -0.2) is 31.1 Å². The van der Waals surface area contributed by atoms with Crippen molar-refractivity contribution in [3.63, 3.8) is 0 Å². The lowest BCUT2D eigenvalue weighted by Gasteiger charge is -2.16. The Hall–Kier alpha value is -2.15. The van der Waals surface area contributed by atoms with Gasteiger partial charge in [0.05, 0.1) is 4.92 Å². The van der Waals surface area contributed by atoms with Crippen LogP contribution in [0.4, 0.5) is 11.4 Å². The number of methoxy groups -OCH3 is 1. The highest BCUT2D eigenvalue weighted by molar-refractivity contribution is 5.94. The van der Waals surface area contributed by atoms with Gasteiger partial charge in [-0.05, 0) is 36.8 Å². The molecule has 7 nitrogen and oxygen atoms in total. The van der Waals surface area contributed by atoms with Gasteiger partial charge in [-0.1, -0.05) is 0 Å². The molecule has 21 heavy (non-hydrogen) atoms. The minimum atomic E-state index is -0.603. The molecule has 3 N–H and O–H groups in total. The van der Waals surface area contributed by atoms with Crippen LogP contribution in [0.5, 0.6) is 0 Å². The molecule has 1 amide bonds. The molecule has 0 saturated heterocycles. The molecule has 1 aliphatic rings. The first-order chi connectivity index (χ1) is 9.97. The highest BCUT2D eigenvalue weighted by atomic mass is 16.6. The van der Waals surface area contributed by atoms with Gasteiger partial charge in [0, 0.05) is 31.9 Å². The summed E-state index contributed by atoms with van der Waals surface area (Å²) >= 11 is 0. The van der Waals surface area contributed by atoms with Crippen molar-refractivity contribution < 1.29 is 14.5 Å². The van der Waals surface area contributed by atoms with Gasteiger partial charge in [-0.2, -0.15) is 0 Å². The number of benzene rings is 1. The number of carbonyl (C=O) groups excluding carboxylic acids is 1. The molecule has 0 heterocycles. The van der Waals surface area contributed by atoms with Crippen LogP contribution in [-0.2, 0) is 4.74 Å². The number of nitro groups is 1. The Morgan fingerprint density at radius 3 is 2.76 bits per heavy atom. The van der Waals surface area contributed by atoms with Gasteiger partial charge in [0.1, 0.15) is 5.69 Å². The lowest BCUT2D eigenvalue weighted by Crippen LogP contribution is -2.18. The summed E-state index contributed by atoms with van der Waals surface area (Å²) in [6.07, 6.45) is 3.07. The van der Waals surface area contributed by atoms with Gasteiger partial charge >= 0.3 is 0 Å². The Kier molecular flexibility index (Phi) is 4.42. The van der Waals surface area contributed by atoms with Gasteiger partial charge < -0.3 is 15.8 Å². The molecule has 0 aromatic heterocycles. The lowest BCUT2D eigenvalue weighted by atomic mass is 10.0. The molecule has 114 valence electrons. The molecule has 1 aromatic carbocycles. The minimum Gasteiger partial charge on any atom is -0.385 e. The van der Waals surface area contributed by atoms with E-state index in [9.17, 15) is 14.9 Å². The number of carbonyl (C=O) groups is 1. The van der Waals surface area contributed by atoms with Crippen LogP contribution < -0.4 is 11.1 Å². The highest BCUT2D eigenvalue weighted by Crippen LogP contribution is 2.49. The van der Waals surface area contributed by atoms with E-state index in [2.05, 4.69) is 5.32 Å². The van der Waals surface area contributed by atoms with Crippen LogP contribution >= 0.6 is 0 Å². The monoisotopic (exact) mass is 293 g/mol. The van der Waals surface area contributed by atoms with Gasteiger partial charge in [0.25, 0.3) is 5.69 Å². The number of nitrogens with one attached hydrogen (secondary N) is 1. The molecule has 0 aliphatic heterocycles. The first kappa shape index (κ1) is 15.2. The molecule has 7 heteroatoms. The number of amides is 1. The smallest absolute Gasteiger partial charge is 0.292 e. The van der Waals surface area contributed by atoms with E-state index in [1.807, 2.05) is 0 Å². The zero-order valence-corrected chi connectivity index (χ0v) is 11.9. The van der Waals surface area contributed by atoms with E-state index in [0.29, 0.717) is 18.8 Å². The minimum absolute atomic E-state index is 0.0532. The van der Waals surface area contributed by atoms with Gasteiger partial charge in [-0.25, -0.2) is 0 Å². The fourth-order valence-electron chi connectivity index (χ4n) is 2.28. The molecule has 0 atom stereocenters. The number of hydrogen-bond donors (Lipinski definition) is 2. The van der Waals surface area contributed by atoms with Crippen molar-refractivity contribution in [1.82, 2.24) is 0 Å². The standard InChI is InChI=1S/C14H19N3O4/c1-21-7-6-14(4-5-14)9-16-11-8-10(13(15)18)2-3-12(11)17(19)20/h2-3,8,16H,4-7,9H2,1H3,(H2,15,18). The fourth-order valence-corrected chi connectivity index (χ4v) is 2.28. The quantitative estimate of drug-likeness (QED) is 0.562. The van der Waals surface area contributed by atoms with Crippen molar-refractivity contribution in [3.05, 3.63) is 33.9 Å². The summed E-state index contributed by atoms with van der Waals surface area (Å²) in [6, 6.07) is 4.10. The van der Waals surface area contributed by atoms with Crippen LogP contribution in [0.15, 0.2) is 18.2 Å². The Morgan fingerprint density at radius 1 is 1.52 bits per heavy atom. The third-order valence-electron chi connectivity index (χ3n) is 3.93.